The number of carbonyl (C=O) groups is 1. The molecule has 19 heavy (non-hydrogen) atoms. The number of pyridine rings is 1. The number of hydrogen-bond donors (Lipinski definition) is 1. The number of carboxylic acids is 1. The molecule has 7 heteroatoms. The molecule has 1 aliphatic rings. The van der Waals surface area contributed by atoms with Gasteiger partial charge in [-0.3, -0.25) is 10.1 Å². The van der Waals surface area contributed by atoms with Crippen LogP contribution in [0.3, 0.4) is 0 Å². The van der Waals surface area contributed by atoms with E-state index in [0.717, 1.165) is 18.7 Å². The Morgan fingerprint density at radius 2 is 2.26 bits per heavy atom. The average molecular weight is 265 g/mol. The summed E-state index contributed by atoms with van der Waals surface area (Å²) in [6, 6.07) is 1.25. The molecule has 2 rings (SSSR count). The number of rotatable bonds is 3. The van der Waals surface area contributed by atoms with Gasteiger partial charge in [0.15, 0.2) is 0 Å². The molecule has 2 atom stereocenters. The predicted octanol–water partition coefficient (Wildman–Crippen LogP) is 1.92. The first-order chi connectivity index (χ1) is 8.90. The van der Waals surface area contributed by atoms with Gasteiger partial charge in [0.2, 0.25) is 0 Å². The largest absolute Gasteiger partial charge is 0.478 e. The van der Waals surface area contributed by atoms with Crippen LogP contribution < -0.4 is 4.90 Å². The Morgan fingerprint density at radius 3 is 2.74 bits per heavy atom. The van der Waals surface area contributed by atoms with E-state index < -0.39 is 10.9 Å². The summed E-state index contributed by atoms with van der Waals surface area (Å²) in [5.74, 6) is -0.429. The Labute approximate surface area is 110 Å². The van der Waals surface area contributed by atoms with Crippen molar-refractivity contribution in [3.8, 4) is 0 Å². The molecule has 0 amide bonds. The van der Waals surface area contributed by atoms with E-state index in [1.165, 1.54) is 0 Å². The molecule has 1 saturated heterocycles. The van der Waals surface area contributed by atoms with Gasteiger partial charge in [-0.1, -0.05) is 6.92 Å². The number of nitrogens with zero attached hydrogens (tertiary/aromatic N) is 3. The van der Waals surface area contributed by atoms with Crippen LogP contribution in [0.2, 0.25) is 0 Å². The molecule has 1 aromatic heterocycles. The van der Waals surface area contributed by atoms with Gasteiger partial charge < -0.3 is 10.0 Å². The summed E-state index contributed by atoms with van der Waals surface area (Å²) in [5, 5.41) is 19.9. The molecule has 1 N–H and O–H groups in total. The number of aromatic carboxylic acids is 1. The van der Waals surface area contributed by atoms with Crippen LogP contribution in [0.15, 0.2) is 12.3 Å². The Hall–Kier alpha value is -2.18. The van der Waals surface area contributed by atoms with Crippen molar-refractivity contribution in [2.24, 2.45) is 5.92 Å². The fraction of sp³-hybridized carbons (Fsp3) is 0.500. The van der Waals surface area contributed by atoms with E-state index in [0.29, 0.717) is 18.3 Å². The van der Waals surface area contributed by atoms with Crippen LogP contribution >= 0.6 is 0 Å². The molecule has 0 aromatic carbocycles. The van der Waals surface area contributed by atoms with Crippen molar-refractivity contribution in [1.29, 1.82) is 0 Å². The molecule has 0 bridgehead atoms. The topological polar surface area (TPSA) is 96.6 Å². The molecule has 0 radical (unpaired) electrons. The van der Waals surface area contributed by atoms with Gasteiger partial charge in [0.05, 0.1) is 4.92 Å². The third kappa shape index (κ3) is 2.49. The van der Waals surface area contributed by atoms with Crippen LogP contribution in [-0.4, -0.2) is 33.6 Å². The molecular weight excluding hydrogens is 250 g/mol. The zero-order valence-corrected chi connectivity index (χ0v) is 10.7. The van der Waals surface area contributed by atoms with Gasteiger partial charge in [0.1, 0.15) is 17.6 Å². The third-order valence-electron chi connectivity index (χ3n) is 3.35. The molecule has 2 heterocycles. The maximum Gasteiger partial charge on any atom is 0.339 e. The lowest BCUT2D eigenvalue weighted by atomic mass is 10.1. The first-order valence-electron chi connectivity index (χ1n) is 6.04. The molecule has 1 aromatic rings. The number of carboxylic acid groups (broad SMARTS) is 1. The van der Waals surface area contributed by atoms with Gasteiger partial charge in [-0.2, -0.15) is 0 Å². The van der Waals surface area contributed by atoms with Crippen LogP contribution in [0.25, 0.3) is 0 Å². The first-order valence-corrected chi connectivity index (χ1v) is 6.04. The highest BCUT2D eigenvalue weighted by Crippen LogP contribution is 2.31. The van der Waals surface area contributed by atoms with Crippen LogP contribution in [0.1, 0.15) is 30.6 Å². The Morgan fingerprint density at radius 1 is 1.58 bits per heavy atom. The van der Waals surface area contributed by atoms with Crippen molar-refractivity contribution >= 4 is 17.5 Å². The molecule has 1 aliphatic heterocycles. The highest BCUT2D eigenvalue weighted by molar-refractivity contribution is 5.94. The molecule has 102 valence electrons. The molecule has 0 aliphatic carbocycles. The van der Waals surface area contributed by atoms with E-state index in [2.05, 4.69) is 11.9 Å². The van der Waals surface area contributed by atoms with Crippen LogP contribution in [0.5, 0.6) is 0 Å². The Bertz CT molecular complexity index is 532. The minimum Gasteiger partial charge on any atom is -0.478 e. The minimum absolute atomic E-state index is 0.116. The first kappa shape index (κ1) is 13.3. The number of aromatic nitrogens is 1. The summed E-state index contributed by atoms with van der Waals surface area (Å²) in [4.78, 5) is 27.2. The van der Waals surface area contributed by atoms with Crippen molar-refractivity contribution in [3.63, 3.8) is 0 Å². The zero-order chi connectivity index (χ0) is 14.2. The summed E-state index contributed by atoms with van der Waals surface area (Å²) >= 11 is 0. The summed E-state index contributed by atoms with van der Waals surface area (Å²) in [5.41, 5.74) is -0.420. The average Bonchev–Trinajstić information content (AvgIpc) is 2.67. The quantitative estimate of drug-likeness (QED) is 0.662. The van der Waals surface area contributed by atoms with E-state index >= 15 is 0 Å². The van der Waals surface area contributed by atoms with Gasteiger partial charge in [-0.25, -0.2) is 9.78 Å². The van der Waals surface area contributed by atoms with E-state index in [4.69, 9.17) is 0 Å². The van der Waals surface area contributed by atoms with Crippen molar-refractivity contribution in [2.75, 3.05) is 11.4 Å². The summed E-state index contributed by atoms with van der Waals surface area (Å²) in [7, 11) is 0. The molecule has 0 spiro atoms. The predicted molar refractivity (Wildman–Crippen MR) is 68.4 cm³/mol. The van der Waals surface area contributed by atoms with Crippen molar-refractivity contribution < 1.29 is 14.8 Å². The van der Waals surface area contributed by atoms with Gasteiger partial charge in [-0.15, -0.1) is 0 Å². The maximum atomic E-state index is 11.3. The fourth-order valence-electron chi connectivity index (χ4n) is 2.53. The highest BCUT2D eigenvalue weighted by Gasteiger charge is 2.31. The van der Waals surface area contributed by atoms with Gasteiger partial charge in [-0.05, 0) is 19.3 Å². The van der Waals surface area contributed by atoms with E-state index in [1.54, 1.807) is 0 Å². The van der Waals surface area contributed by atoms with Gasteiger partial charge >= 0.3 is 5.97 Å². The Kier molecular flexibility index (Phi) is 3.37. The normalized spacial score (nSPS) is 22.5. The zero-order valence-electron chi connectivity index (χ0n) is 10.7. The molecule has 2 unspecified atom stereocenters. The molecule has 0 saturated carbocycles. The third-order valence-corrected chi connectivity index (χ3v) is 3.35. The van der Waals surface area contributed by atoms with Crippen molar-refractivity contribution in [1.82, 2.24) is 4.98 Å². The van der Waals surface area contributed by atoms with E-state index in [9.17, 15) is 20.0 Å². The number of nitro groups is 1. The lowest BCUT2D eigenvalue weighted by Crippen LogP contribution is -2.29. The van der Waals surface area contributed by atoms with Crippen LogP contribution in [-0.2, 0) is 0 Å². The minimum atomic E-state index is -1.20. The van der Waals surface area contributed by atoms with Crippen LogP contribution in [0.4, 0.5) is 11.5 Å². The smallest absolute Gasteiger partial charge is 0.339 e. The summed E-state index contributed by atoms with van der Waals surface area (Å²) in [6.45, 7) is 4.80. The van der Waals surface area contributed by atoms with Crippen molar-refractivity contribution in [3.05, 3.63) is 27.9 Å². The lowest BCUT2D eigenvalue weighted by Gasteiger charge is -2.23. The summed E-state index contributed by atoms with van der Waals surface area (Å²) < 4.78 is 0. The van der Waals surface area contributed by atoms with E-state index in [1.807, 2.05) is 11.8 Å². The second-order valence-electron chi connectivity index (χ2n) is 4.97. The van der Waals surface area contributed by atoms with Crippen molar-refractivity contribution in [2.45, 2.75) is 26.3 Å². The highest BCUT2D eigenvalue weighted by atomic mass is 16.6. The standard InChI is InChI=1S/C12H15N3O4/c1-7-3-8(2)14(6-7)11-10(12(16)17)4-9(5-13-11)15(18)19/h4-5,7-8H,3,6H2,1-2H3,(H,16,17). The maximum absolute atomic E-state index is 11.3. The van der Waals surface area contributed by atoms with E-state index in [-0.39, 0.29) is 17.3 Å². The second kappa shape index (κ2) is 4.83. The second-order valence-corrected chi connectivity index (χ2v) is 4.97. The molecule has 1 fully saturated rings. The Balaban J connectivity index is 2.45. The molecule has 7 nitrogen and oxygen atoms in total. The fourth-order valence-corrected chi connectivity index (χ4v) is 2.53. The van der Waals surface area contributed by atoms with Gasteiger partial charge in [0, 0.05) is 18.7 Å². The number of hydrogen-bond acceptors (Lipinski definition) is 5. The number of anilines is 1. The summed E-state index contributed by atoms with van der Waals surface area (Å²) in [6.07, 6.45) is 2.06. The lowest BCUT2D eigenvalue weighted by molar-refractivity contribution is -0.385. The van der Waals surface area contributed by atoms with Crippen LogP contribution in [0, 0.1) is 16.0 Å². The SMILES string of the molecule is CC1CC(C)N(c2ncc([N+](=O)[O-])cc2C(=O)O)C1. The monoisotopic (exact) mass is 265 g/mol. The molecular formula is C12H15N3O4. The van der Waals surface area contributed by atoms with Gasteiger partial charge in [0.25, 0.3) is 5.69 Å².